The van der Waals surface area contributed by atoms with E-state index in [1.807, 2.05) is 0 Å². The van der Waals surface area contributed by atoms with Crippen LogP contribution in [0.3, 0.4) is 0 Å². The van der Waals surface area contributed by atoms with Gasteiger partial charge < -0.3 is 17.7 Å². The van der Waals surface area contributed by atoms with Crippen molar-refractivity contribution < 1.29 is 17.7 Å². The maximum absolute atomic E-state index is 12.3. The third-order valence-corrected chi connectivity index (χ3v) is 1.54. The van der Waals surface area contributed by atoms with Crippen LogP contribution in [-0.2, 0) is 0 Å². The molecule has 0 aliphatic rings. The van der Waals surface area contributed by atoms with E-state index in [4.69, 9.17) is 0 Å². The maximum Gasteiger partial charge on any atom is 0.509 e. The van der Waals surface area contributed by atoms with Crippen LogP contribution >= 0.6 is 0 Å². The van der Waals surface area contributed by atoms with Crippen LogP contribution in [0.4, 0.5) is 12.9 Å². The number of rotatable bonds is 2. The molecule has 0 N–H and O–H groups in total. The molecule has 0 unspecified atom stereocenters. The molecule has 6 heteroatoms. The Hall–Kier alpha value is -1.20. The Morgan fingerprint density at radius 2 is 1.92 bits per heavy atom. The smallest absolute Gasteiger partial charge is 0.481 e. The van der Waals surface area contributed by atoms with E-state index in [0.29, 0.717) is 5.69 Å². The number of ether oxygens (including phenoxy) is 1. The number of nitrogens with zero attached hydrogens (tertiary/aromatic N) is 1. The van der Waals surface area contributed by atoms with Crippen LogP contribution in [0.1, 0.15) is 5.69 Å². The highest BCUT2D eigenvalue weighted by Crippen LogP contribution is 2.13. The van der Waals surface area contributed by atoms with Crippen molar-refractivity contribution in [1.29, 1.82) is 0 Å². The summed E-state index contributed by atoms with van der Waals surface area (Å²) in [5.41, 5.74) is -0.377. The Kier molecular flexibility index (Phi) is 2.49. The first-order chi connectivity index (χ1) is 5.93. The molecule has 0 spiro atoms. The SMILES string of the molecule is COc1cc([B-](F)(F)F)cc(C)n1. The van der Waals surface area contributed by atoms with E-state index < -0.39 is 12.4 Å². The summed E-state index contributed by atoms with van der Waals surface area (Å²) in [4.78, 5) is 3.75. The molecule has 1 rings (SSSR count). The van der Waals surface area contributed by atoms with Crippen LogP contribution < -0.4 is 10.2 Å². The fraction of sp³-hybridized carbons (Fsp3) is 0.286. The lowest BCUT2D eigenvalue weighted by molar-refractivity contribution is 0.396. The zero-order chi connectivity index (χ0) is 10.1. The topological polar surface area (TPSA) is 22.1 Å². The number of aromatic nitrogens is 1. The molecule has 1 heterocycles. The number of hydrogen-bond donors (Lipinski definition) is 0. The van der Waals surface area contributed by atoms with Gasteiger partial charge in [-0.25, -0.2) is 4.98 Å². The first-order valence-electron chi connectivity index (χ1n) is 3.66. The fourth-order valence-corrected chi connectivity index (χ4v) is 0.957. The monoisotopic (exact) mass is 190 g/mol. The van der Waals surface area contributed by atoms with E-state index in [1.165, 1.54) is 14.0 Å². The summed E-state index contributed by atoms with van der Waals surface area (Å²) in [5, 5.41) is 0. The number of pyridine rings is 1. The van der Waals surface area contributed by atoms with Crippen LogP contribution in [0, 0.1) is 6.92 Å². The molecule has 2 nitrogen and oxygen atoms in total. The van der Waals surface area contributed by atoms with E-state index in [1.54, 1.807) is 0 Å². The summed E-state index contributed by atoms with van der Waals surface area (Å²) in [6, 6.07) is 1.90. The molecule has 0 bridgehead atoms. The molecular weight excluding hydrogens is 182 g/mol. The first kappa shape index (κ1) is 9.89. The summed E-state index contributed by atoms with van der Waals surface area (Å²) in [6.07, 6.45) is 0. The molecule has 13 heavy (non-hydrogen) atoms. The summed E-state index contributed by atoms with van der Waals surface area (Å²) >= 11 is 0. The molecule has 1 aromatic heterocycles. The molecule has 0 saturated carbocycles. The van der Waals surface area contributed by atoms with Gasteiger partial charge in [0.1, 0.15) is 0 Å². The van der Waals surface area contributed by atoms with Crippen molar-refractivity contribution in [2.24, 2.45) is 0 Å². The molecule has 0 saturated heterocycles. The van der Waals surface area contributed by atoms with Gasteiger partial charge in [0.2, 0.25) is 5.88 Å². The van der Waals surface area contributed by atoms with E-state index in [2.05, 4.69) is 9.72 Å². The average Bonchev–Trinajstić information content (AvgIpc) is 2.01. The van der Waals surface area contributed by atoms with Crippen molar-refractivity contribution in [2.75, 3.05) is 7.11 Å². The Labute approximate surface area is 73.8 Å². The number of hydrogen-bond acceptors (Lipinski definition) is 2. The van der Waals surface area contributed by atoms with Crippen LogP contribution in [-0.4, -0.2) is 19.1 Å². The van der Waals surface area contributed by atoms with E-state index in [9.17, 15) is 12.9 Å². The molecule has 0 fully saturated rings. The second-order valence-electron chi connectivity index (χ2n) is 2.66. The molecule has 0 aliphatic carbocycles. The zero-order valence-corrected chi connectivity index (χ0v) is 7.22. The second-order valence-corrected chi connectivity index (χ2v) is 2.66. The van der Waals surface area contributed by atoms with Gasteiger partial charge in [-0.05, 0) is 13.0 Å². The van der Waals surface area contributed by atoms with E-state index in [0.717, 1.165) is 12.1 Å². The summed E-state index contributed by atoms with van der Waals surface area (Å²) in [5.74, 6) is -0.00537. The quantitative estimate of drug-likeness (QED) is 0.658. The molecule has 72 valence electrons. The van der Waals surface area contributed by atoms with Crippen molar-refractivity contribution in [3.8, 4) is 5.88 Å². The Morgan fingerprint density at radius 3 is 2.38 bits per heavy atom. The largest absolute Gasteiger partial charge is 0.509 e. The summed E-state index contributed by atoms with van der Waals surface area (Å²) in [7, 11) is 1.29. The molecule has 1 aromatic rings. The lowest BCUT2D eigenvalue weighted by Crippen LogP contribution is -2.34. The van der Waals surface area contributed by atoms with Crippen LogP contribution in [0.15, 0.2) is 12.1 Å². The van der Waals surface area contributed by atoms with Gasteiger partial charge in [-0.1, -0.05) is 6.07 Å². The van der Waals surface area contributed by atoms with Crippen LogP contribution in [0.2, 0.25) is 0 Å². The molecular formula is C7H8BF3NO-. The zero-order valence-electron chi connectivity index (χ0n) is 7.22. The molecule has 0 aliphatic heterocycles. The fourth-order valence-electron chi connectivity index (χ4n) is 0.957. The predicted octanol–water partition coefficient (Wildman–Crippen LogP) is 1.45. The van der Waals surface area contributed by atoms with Gasteiger partial charge >= 0.3 is 6.98 Å². The highest BCUT2D eigenvalue weighted by molar-refractivity contribution is 6.73. The van der Waals surface area contributed by atoms with Gasteiger partial charge in [-0.15, -0.1) is 5.46 Å². The van der Waals surface area contributed by atoms with Crippen molar-refractivity contribution in [3.05, 3.63) is 17.8 Å². The Morgan fingerprint density at radius 1 is 1.31 bits per heavy atom. The van der Waals surface area contributed by atoms with E-state index in [-0.39, 0.29) is 5.88 Å². The predicted molar refractivity (Wildman–Crippen MR) is 44.2 cm³/mol. The summed E-state index contributed by atoms with van der Waals surface area (Å²) in [6.45, 7) is -3.48. The Balaban J connectivity index is 3.16. The number of methoxy groups -OCH3 is 1. The third-order valence-electron chi connectivity index (χ3n) is 1.54. The number of halogens is 3. The lowest BCUT2D eigenvalue weighted by atomic mass is 9.80. The second kappa shape index (κ2) is 3.28. The number of aryl methyl sites for hydroxylation is 1. The maximum atomic E-state index is 12.3. The van der Waals surface area contributed by atoms with Gasteiger partial charge in [-0.2, -0.15) is 0 Å². The van der Waals surface area contributed by atoms with Crippen LogP contribution in [0.5, 0.6) is 5.88 Å². The molecule has 0 amide bonds. The molecule has 0 aromatic carbocycles. The van der Waals surface area contributed by atoms with E-state index >= 15 is 0 Å². The minimum atomic E-state index is -4.97. The minimum Gasteiger partial charge on any atom is -0.481 e. The summed E-state index contributed by atoms with van der Waals surface area (Å²) < 4.78 is 41.4. The highest BCUT2D eigenvalue weighted by Gasteiger charge is 2.26. The van der Waals surface area contributed by atoms with Crippen molar-refractivity contribution in [1.82, 2.24) is 4.98 Å². The van der Waals surface area contributed by atoms with Crippen molar-refractivity contribution in [2.45, 2.75) is 6.92 Å². The van der Waals surface area contributed by atoms with Gasteiger partial charge in [-0.3, -0.25) is 0 Å². The standard InChI is InChI=1S/C7H8BF3NO/c1-5-3-6(8(9,10)11)4-7(12-5)13-2/h3-4H,1-2H3/q-1. The molecule has 0 radical (unpaired) electrons. The Bertz CT molecular complexity index is 313. The normalized spacial score (nSPS) is 11.5. The van der Waals surface area contributed by atoms with Gasteiger partial charge in [0.25, 0.3) is 0 Å². The first-order valence-corrected chi connectivity index (χ1v) is 3.66. The lowest BCUT2D eigenvalue weighted by Gasteiger charge is -2.15. The third kappa shape index (κ3) is 2.37. The molecule has 0 atom stereocenters. The van der Waals surface area contributed by atoms with Crippen molar-refractivity contribution >= 4 is 12.4 Å². The van der Waals surface area contributed by atoms with Gasteiger partial charge in [0, 0.05) is 5.69 Å². The van der Waals surface area contributed by atoms with Gasteiger partial charge in [0.05, 0.1) is 7.11 Å². The minimum absolute atomic E-state index is 0.00537. The van der Waals surface area contributed by atoms with Gasteiger partial charge in [0.15, 0.2) is 0 Å². The van der Waals surface area contributed by atoms with Crippen LogP contribution in [0.25, 0.3) is 0 Å². The highest BCUT2D eigenvalue weighted by atomic mass is 19.4. The average molecular weight is 190 g/mol. The van der Waals surface area contributed by atoms with Crippen molar-refractivity contribution in [3.63, 3.8) is 0 Å².